The third-order valence-electron chi connectivity index (χ3n) is 4.73. The summed E-state index contributed by atoms with van der Waals surface area (Å²) in [5.74, 6) is -0.695. The van der Waals surface area contributed by atoms with Crippen LogP contribution in [0.1, 0.15) is 17.3 Å². The molecule has 148 valence electrons. The van der Waals surface area contributed by atoms with Crippen LogP contribution in [0.15, 0.2) is 48.5 Å². The second kappa shape index (κ2) is 8.73. The molecule has 2 aromatic carbocycles. The second-order valence-corrected chi connectivity index (χ2v) is 6.68. The molecular formula is C21H24FN3O3. The van der Waals surface area contributed by atoms with E-state index in [1.807, 2.05) is 24.3 Å². The molecular weight excluding hydrogens is 361 g/mol. The average Bonchev–Trinajstić information content (AvgIpc) is 2.71. The van der Waals surface area contributed by atoms with Crippen LogP contribution in [0, 0.1) is 5.82 Å². The summed E-state index contributed by atoms with van der Waals surface area (Å²) in [6.45, 7) is 3.77. The van der Waals surface area contributed by atoms with Gasteiger partial charge in [-0.15, -0.1) is 0 Å². The first-order chi connectivity index (χ1) is 13.5. The summed E-state index contributed by atoms with van der Waals surface area (Å²) in [5.41, 5.74) is 0.969. The summed E-state index contributed by atoms with van der Waals surface area (Å²) >= 11 is 0. The van der Waals surface area contributed by atoms with Crippen molar-refractivity contribution in [1.29, 1.82) is 0 Å². The van der Waals surface area contributed by atoms with Crippen molar-refractivity contribution >= 4 is 17.5 Å². The Bertz CT molecular complexity index is 858. The lowest BCUT2D eigenvalue weighted by atomic mass is 10.2. The molecule has 0 saturated heterocycles. The van der Waals surface area contributed by atoms with Crippen LogP contribution in [0.4, 0.5) is 10.1 Å². The Morgan fingerprint density at radius 3 is 2.68 bits per heavy atom. The number of rotatable bonds is 6. The van der Waals surface area contributed by atoms with Crippen LogP contribution in [0.25, 0.3) is 0 Å². The summed E-state index contributed by atoms with van der Waals surface area (Å²) in [6, 6.07) is 13.5. The van der Waals surface area contributed by atoms with Crippen molar-refractivity contribution in [2.24, 2.45) is 0 Å². The number of amides is 2. The molecule has 0 fully saturated rings. The minimum Gasteiger partial charge on any atom is -0.485 e. The Balaban J connectivity index is 1.55. The van der Waals surface area contributed by atoms with E-state index in [-0.39, 0.29) is 24.1 Å². The zero-order valence-electron chi connectivity index (χ0n) is 16.0. The van der Waals surface area contributed by atoms with Gasteiger partial charge in [-0.25, -0.2) is 4.39 Å². The number of anilines is 1. The Morgan fingerprint density at radius 2 is 1.93 bits per heavy atom. The minimum absolute atomic E-state index is 0.0799. The van der Waals surface area contributed by atoms with Crippen molar-refractivity contribution in [3.05, 3.63) is 59.9 Å². The van der Waals surface area contributed by atoms with E-state index in [4.69, 9.17) is 4.74 Å². The molecule has 2 aromatic rings. The van der Waals surface area contributed by atoms with E-state index in [1.165, 1.54) is 23.1 Å². The van der Waals surface area contributed by atoms with E-state index in [1.54, 1.807) is 13.1 Å². The van der Waals surface area contributed by atoms with Gasteiger partial charge in [0.25, 0.3) is 5.91 Å². The predicted molar refractivity (Wildman–Crippen MR) is 105 cm³/mol. The molecule has 1 heterocycles. The molecule has 0 spiro atoms. The molecule has 1 N–H and O–H groups in total. The third kappa shape index (κ3) is 4.42. The minimum atomic E-state index is -0.616. The number of ether oxygens (including phenoxy) is 1. The fourth-order valence-corrected chi connectivity index (χ4v) is 3.21. The molecule has 6 nitrogen and oxygen atoms in total. The maximum Gasteiger partial charge on any atom is 0.254 e. The van der Waals surface area contributed by atoms with Crippen LogP contribution in [-0.4, -0.2) is 56.0 Å². The smallest absolute Gasteiger partial charge is 0.254 e. The van der Waals surface area contributed by atoms with Crippen molar-refractivity contribution in [1.82, 2.24) is 10.2 Å². The third-order valence-corrected chi connectivity index (χ3v) is 4.73. The lowest BCUT2D eigenvalue weighted by Gasteiger charge is -2.37. The van der Waals surface area contributed by atoms with Gasteiger partial charge in [0.1, 0.15) is 17.7 Å². The monoisotopic (exact) mass is 385 g/mol. The number of halogens is 1. The van der Waals surface area contributed by atoms with Crippen LogP contribution in [-0.2, 0) is 4.79 Å². The number of carbonyl (C=O) groups excluding carboxylic acids is 2. The summed E-state index contributed by atoms with van der Waals surface area (Å²) in [4.78, 5) is 28.2. The summed E-state index contributed by atoms with van der Waals surface area (Å²) in [5, 5.41) is 2.47. The van der Waals surface area contributed by atoms with Crippen LogP contribution in [0.5, 0.6) is 5.75 Å². The highest BCUT2D eigenvalue weighted by Crippen LogP contribution is 2.32. The average molecular weight is 385 g/mol. The van der Waals surface area contributed by atoms with E-state index >= 15 is 0 Å². The van der Waals surface area contributed by atoms with E-state index in [2.05, 4.69) is 17.1 Å². The van der Waals surface area contributed by atoms with Gasteiger partial charge >= 0.3 is 0 Å². The number of hydrogen-bond acceptors (Lipinski definition) is 4. The zero-order valence-corrected chi connectivity index (χ0v) is 16.0. The fourth-order valence-electron chi connectivity index (χ4n) is 3.21. The summed E-state index contributed by atoms with van der Waals surface area (Å²) in [7, 11) is 1.66. The van der Waals surface area contributed by atoms with Crippen LogP contribution in [0.2, 0.25) is 0 Å². The van der Waals surface area contributed by atoms with Crippen molar-refractivity contribution in [2.75, 3.05) is 38.1 Å². The van der Waals surface area contributed by atoms with Gasteiger partial charge in [-0.1, -0.05) is 24.3 Å². The van der Waals surface area contributed by atoms with E-state index < -0.39 is 11.7 Å². The normalized spacial score (nSPS) is 15.4. The fraction of sp³-hybridized carbons (Fsp3) is 0.333. The molecule has 7 heteroatoms. The number of carbonyl (C=O) groups is 2. The Labute approximate surface area is 163 Å². The van der Waals surface area contributed by atoms with Gasteiger partial charge in [-0.05, 0) is 31.2 Å². The number of likely N-dealkylation sites (N-methyl/N-ethyl adjacent to an activating group) is 2. The molecule has 28 heavy (non-hydrogen) atoms. The quantitative estimate of drug-likeness (QED) is 0.829. The number of nitrogens with zero attached hydrogens (tertiary/aromatic N) is 2. The van der Waals surface area contributed by atoms with E-state index in [0.717, 1.165) is 18.0 Å². The molecule has 3 rings (SSSR count). The topological polar surface area (TPSA) is 61.9 Å². The molecule has 1 aliphatic heterocycles. The standard InChI is InChI=1S/C21H24FN3O3/c1-3-25-14-15(28-19-11-7-6-10-18(19)25)13-24(2)20(26)12-23-21(27)16-8-4-5-9-17(16)22/h4-11,15H,3,12-14H2,1-2H3,(H,23,27)/t15-/m1/s1. The first-order valence-electron chi connectivity index (χ1n) is 9.27. The van der Waals surface area contributed by atoms with Crippen molar-refractivity contribution in [3.8, 4) is 5.75 Å². The van der Waals surface area contributed by atoms with Gasteiger partial charge in [0.2, 0.25) is 5.91 Å². The Kier molecular flexibility index (Phi) is 6.13. The summed E-state index contributed by atoms with van der Waals surface area (Å²) < 4.78 is 19.7. The van der Waals surface area contributed by atoms with Crippen molar-refractivity contribution in [3.63, 3.8) is 0 Å². The van der Waals surface area contributed by atoms with Gasteiger partial charge in [0.15, 0.2) is 0 Å². The molecule has 1 aliphatic rings. The number of hydrogen-bond donors (Lipinski definition) is 1. The maximum atomic E-state index is 13.6. The van der Waals surface area contributed by atoms with Gasteiger partial charge in [0.05, 0.1) is 30.9 Å². The molecule has 0 saturated carbocycles. The zero-order chi connectivity index (χ0) is 20.1. The number of benzene rings is 2. The number of nitrogens with one attached hydrogen (secondary N) is 1. The second-order valence-electron chi connectivity index (χ2n) is 6.68. The molecule has 0 unspecified atom stereocenters. The van der Waals surface area contributed by atoms with Crippen LogP contribution < -0.4 is 15.0 Å². The predicted octanol–water partition coefficient (Wildman–Crippen LogP) is 2.30. The SMILES string of the molecule is CCN1C[C@@H](CN(C)C(=O)CNC(=O)c2ccccc2F)Oc2ccccc21. The van der Waals surface area contributed by atoms with Gasteiger partial charge < -0.3 is 19.9 Å². The largest absolute Gasteiger partial charge is 0.485 e. The molecule has 0 bridgehead atoms. The van der Waals surface area contributed by atoms with Gasteiger partial charge in [0, 0.05) is 13.6 Å². The highest BCUT2D eigenvalue weighted by molar-refractivity contribution is 5.96. The highest BCUT2D eigenvalue weighted by Gasteiger charge is 2.26. The highest BCUT2D eigenvalue weighted by atomic mass is 19.1. The lowest BCUT2D eigenvalue weighted by Crippen LogP contribution is -2.48. The first kappa shape index (κ1) is 19.7. The number of para-hydroxylation sites is 2. The van der Waals surface area contributed by atoms with Crippen LogP contribution in [0.3, 0.4) is 0 Å². The Morgan fingerprint density at radius 1 is 1.21 bits per heavy atom. The number of fused-ring (bicyclic) bond motifs is 1. The lowest BCUT2D eigenvalue weighted by molar-refractivity contribution is -0.129. The molecule has 0 aliphatic carbocycles. The van der Waals surface area contributed by atoms with Gasteiger partial charge in [-0.3, -0.25) is 9.59 Å². The summed E-state index contributed by atoms with van der Waals surface area (Å²) in [6.07, 6.45) is -0.175. The van der Waals surface area contributed by atoms with Crippen LogP contribution >= 0.6 is 0 Å². The molecule has 2 amide bonds. The van der Waals surface area contributed by atoms with Gasteiger partial charge in [-0.2, -0.15) is 0 Å². The van der Waals surface area contributed by atoms with E-state index in [0.29, 0.717) is 13.1 Å². The first-order valence-corrected chi connectivity index (χ1v) is 9.27. The van der Waals surface area contributed by atoms with Crippen molar-refractivity contribution in [2.45, 2.75) is 13.0 Å². The molecule has 0 aromatic heterocycles. The van der Waals surface area contributed by atoms with E-state index in [9.17, 15) is 14.0 Å². The molecule has 1 atom stereocenters. The van der Waals surface area contributed by atoms with Crippen molar-refractivity contribution < 1.29 is 18.7 Å². The maximum absolute atomic E-state index is 13.6. The Hall–Kier alpha value is -3.09. The molecule has 0 radical (unpaired) electrons.